The Hall–Kier alpha value is -2.84. The quantitative estimate of drug-likeness (QED) is 0.509. The van der Waals surface area contributed by atoms with Crippen LogP contribution in [0.3, 0.4) is 0 Å². The molecule has 0 saturated carbocycles. The number of sulfonamides is 1. The minimum Gasteiger partial charge on any atom is -0.492 e. The van der Waals surface area contributed by atoms with E-state index < -0.39 is 10.0 Å². The third-order valence-electron chi connectivity index (χ3n) is 3.93. The van der Waals surface area contributed by atoms with Crippen LogP contribution >= 0.6 is 15.9 Å². The van der Waals surface area contributed by atoms with E-state index in [9.17, 15) is 13.2 Å². The van der Waals surface area contributed by atoms with Gasteiger partial charge in [0.2, 0.25) is 0 Å². The number of nitrogens with one attached hydrogen (secondary N) is 2. The summed E-state index contributed by atoms with van der Waals surface area (Å²) in [6.07, 6.45) is 0. The van der Waals surface area contributed by atoms with Crippen molar-refractivity contribution in [3.8, 4) is 5.75 Å². The smallest absolute Gasteiger partial charge is 0.265 e. The average molecular weight is 475 g/mol. The molecule has 0 saturated heterocycles. The second-order valence-corrected chi connectivity index (χ2v) is 8.59. The number of ether oxygens (including phenoxy) is 1. The Labute approximate surface area is 178 Å². The predicted octanol–water partition coefficient (Wildman–Crippen LogP) is 4.90. The highest BCUT2D eigenvalue weighted by Gasteiger charge is 2.20. The molecule has 0 heterocycles. The topological polar surface area (TPSA) is 84.5 Å². The average Bonchev–Trinajstić information content (AvgIpc) is 2.70. The van der Waals surface area contributed by atoms with Crippen LogP contribution in [0.4, 0.5) is 11.4 Å². The molecule has 150 valence electrons. The Morgan fingerprint density at radius 2 is 1.66 bits per heavy atom. The van der Waals surface area contributed by atoms with Crippen LogP contribution in [-0.4, -0.2) is 20.9 Å². The largest absolute Gasteiger partial charge is 0.492 e. The summed E-state index contributed by atoms with van der Waals surface area (Å²) >= 11 is 3.29. The van der Waals surface area contributed by atoms with Gasteiger partial charge in [-0.05, 0) is 61.5 Å². The van der Waals surface area contributed by atoms with E-state index in [1.165, 1.54) is 18.2 Å². The Bertz CT molecular complexity index is 1100. The Morgan fingerprint density at radius 3 is 2.31 bits per heavy atom. The van der Waals surface area contributed by atoms with Crippen molar-refractivity contribution >= 4 is 43.2 Å². The van der Waals surface area contributed by atoms with Crippen molar-refractivity contribution in [1.82, 2.24) is 0 Å². The molecule has 0 atom stereocenters. The molecule has 1 amide bonds. The molecule has 0 radical (unpaired) electrons. The molecule has 0 unspecified atom stereocenters. The monoisotopic (exact) mass is 474 g/mol. The summed E-state index contributed by atoms with van der Waals surface area (Å²) in [5.41, 5.74) is 1.43. The van der Waals surface area contributed by atoms with E-state index in [1.54, 1.807) is 43.3 Å². The molecule has 3 rings (SSSR count). The number of carbonyl (C=O) groups excluding carboxylic acids is 1. The van der Waals surface area contributed by atoms with Gasteiger partial charge >= 0.3 is 0 Å². The van der Waals surface area contributed by atoms with Crippen LogP contribution in [0.15, 0.2) is 82.2 Å². The summed E-state index contributed by atoms with van der Waals surface area (Å²) in [7, 11) is -3.88. The van der Waals surface area contributed by atoms with Crippen LogP contribution in [0.1, 0.15) is 17.3 Å². The van der Waals surface area contributed by atoms with E-state index in [0.29, 0.717) is 28.0 Å². The second kappa shape index (κ2) is 9.11. The molecule has 0 spiro atoms. The van der Waals surface area contributed by atoms with Crippen LogP contribution in [0.2, 0.25) is 0 Å². The van der Waals surface area contributed by atoms with Crippen molar-refractivity contribution in [3.05, 3.63) is 82.8 Å². The fourth-order valence-electron chi connectivity index (χ4n) is 2.59. The minimum absolute atomic E-state index is 0.0274. The molecule has 3 aromatic rings. The first-order valence-electron chi connectivity index (χ1n) is 8.80. The van der Waals surface area contributed by atoms with Gasteiger partial charge in [0.25, 0.3) is 15.9 Å². The highest BCUT2D eigenvalue weighted by molar-refractivity contribution is 9.10. The third-order valence-corrected chi connectivity index (χ3v) is 5.82. The summed E-state index contributed by atoms with van der Waals surface area (Å²) < 4.78 is 34.2. The van der Waals surface area contributed by atoms with Gasteiger partial charge in [-0.15, -0.1) is 0 Å². The number of hydrogen-bond donors (Lipinski definition) is 2. The summed E-state index contributed by atoms with van der Waals surface area (Å²) in [5.74, 6) is -0.0155. The standard InChI is InChI=1S/C21H19BrN2O4S/c1-2-28-19-13-10-16(22)14-20(19)29(26,27)24-18-11-8-15(9-12-18)21(25)23-17-6-4-3-5-7-17/h3-14,24H,2H2,1H3,(H,23,25). The maximum Gasteiger partial charge on any atom is 0.265 e. The number of anilines is 2. The molecule has 0 fully saturated rings. The highest BCUT2D eigenvalue weighted by Crippen LogP contribution is 2.29. The molecule has 0 aliphatic heterocycles. The molecule has 29 heavy (non-hydrogen) atoms. The summed E-state index contributed by atoms with van der Waals surface area (Å²) in [6, 6.07) is 20.1. The van der Waals surface area contributed by atoms with Crippen molar-refractivity contribution < 1.29 is 17.9 Å². The number of halogens is 1. The van der Waals surface area contributed by atoms with Crippen molar-refractivity contribution in [2.45, 2.75) is 11.8 Å². The maximum atomic E-state index is 12.8. The number of amides is 1. The van der Waals surface area contributed by atoms with E-state index in [0.717, 1.165) is 0 Å². The summed E-state index contributed by atoms with van der Waals surface area (Å²) in [4.78, 5) is 12.3. The van der Waals surface area contributed by atoms with Crippen molar-refractivity contribution in [2.75, 3.05) is 16.6 Å². The van der Waals surface area contributed by atoms with E-state index >= 15 is 0 Å². The summed E-state index contributed by atoms with van der Waals surface area (Å²) in [5, 5.41) is 2.78. The van der Waals surface area contributed by atoms with E-state index in [-0.39, 0.29) is 16.6 Å². The lowest BCUT2D eigenvalue weighted by atomic mass is 10.2. The zero-order chi connectivity index (χ0) is 20.9. The molecular formula is C21H19BrN2O4S. The van der Waals surface area contributed by atoms with Gasteiger partial charge < -0.3 is 10.1 Å². The van der Waals surface area contributed by atoms with Crippen LogP contribution < -0.4 is 14.8 Å². The van der Waals surface area contributed by atoms with Crippen LogP contribution in [-0.2, 0) is 10.0 Å². The molecule has 8 heteroatoms. The van der Waals surface area contributed by atoms with Gasteiger partial charge in [0.15, 0.2) is 0 Å². The van der Waals surface area contributed by atoms with Gasteiger partial charge in [0.1, 0.15) is 10.6 Å². The first-order chi connectivity index (χ1) is 13.9. The number of benzene rings is 3. The SMILES string of the molecule is CCOc1ccc(Br)cc1S(=O)(=O)Nc1ccc(C(=O)Nc2ccccc2)cc1. The lowest BCUT2D eigenvalue weighted by Crippen LogP contribution is -2.15. The van der Waals surface area contributed by atoms with E-state index in [2.05, 4.69) is 26.0 Å². The Kier molecular flexibility index (Phi) is 6.56. The van der Waals surface area contributed by atoms with Crippen molar-refractivity contribution in [2.24, 2.45) is 0 Å². The molecule has 3 aromatic carbocycles. The van der Waals surface area contributed by atoms with Crippen LogP contribution in [0.5, 0.6) is 5.75 Å². The zero-order valence-electron chi connectivity index (χ0n) is 15.6. The van der Waals surface area contributed by atoms with E-state index in [4.69, 9.17) is 4.74 Å². The van der Waals surface area contributed by atoms with Gasteiger partial charge in [-0.25, -0.2) is 8.42 Å². The van der Waals surface area contributed by atoms with E-state index in [1.807, 2.05) is 18.2 Å². The van der Waals surface area contributed by atoms with Crippen LogP contribution in [0, 0.1) is 0 Å². The second-order valence-electron chi connectivity index (χ2n) is 6.03. The minimum atomic E-state index is -3.88. The normalized spacial score (nSPS) is 11.0. The molecule has 0 bridgehead atoms. The van der Waals surface area contributed by atoms with Crippen molar-refractivity contribution in [3.63, 3.8) is 0 Å². The molecule has 0 aromatic heterocycles. The molecule has 6 nitrogen and oxygen atoms in total. The van der Waals surface area contributed by atoms with Gasteiger partial charge in [-0.1, -0.05) is 34.1 Å². The number of hydrogen-bond acceptors (Lipinski definition) is 4. The fraction of sp³-hybridized carbons (Fsp3) is 0.0952. The van der Waals surface area contributed by atoms with Gasteiger partial charge in [-0.3, -0.25) is 9.52 Å². The highest BCUT2D eigenvalue weighted by atomic mass is 79.9. The number of carbonyl (C=O) groups is 1. The third kappa shape index (κ3) is 5.36. The molecule has 0 aliphatic rings. The summed E-state index contributed by atoms with van der Waals surface area (Å²) in [6.45, 7) is 2.13. The lowest BCUT2D eigenvalue weighted by molar-refractivity contribution is 0.102. The first kappa shape index (κ1) is 20.9. The Morgan fingerprint density at radius 1 is 0.966 bits per heavy atom. The molecular weight excluding hydrogens is 456 g/mol. The number of rotatable bonds is 7. The van der Waals surface area contributed by atoms with Gasteiger partial charge in [0, 0.05) is 21.4 Å². The fourth-order valence-corrected chi connectivity index (χ4v) is 4.33. The zero-order valence-corrected chi connectivity index (χ0v) is 18.0. The van der Waals surface area contributed by atoms with Gasteiger partial charge in [0.05, 0.1) is 6.61 Å². The van der Waals surface area contributed by atoms with Crippen molar-refractivity contribution in [1.29, 1.82) is 0 Å². The Balaban J connectivity index is 1.77. The maximum absolute atomic E-state index is 12.8. The molecule has 2 N–H and O–H groups in total. The predicted molar refractivity (Wildman–Crippen MR) is 117 cm³/mol. The van der Waals surface area contributed by atoms with Gasteiger partial charge in [-0.2, -0.15) is 0 Å². The first-order valence-corrected chi connectivity index (χ1v) is 11.1. The van der Waals surface area contributed by atoms with Crippen LogP contribution in [0.25, 0.3) is 0 Å². The lowest BCUT2D eigenvalue weighted by Gasteiger charge is -2.13. The number of para-hydroxylation sites is 1. The molecule has 0 aliphatic carbocycles.